The van der Waals surface area contributed by atoms with E-state index in [1.807, 2.05) is 78.2 Å². The second kappa shape index (κ2) is 10.6. The molecular formula is C25H24ClN5OS. The fourth-order valence-electron chi connectivity index (χ4n) is 3.17. The Balaban J connectivity index is 1.55. The van der Waals surface area contributed by atoms with Gasteiger partial charge < -0.3 is 10.6 Å². The maximum absolute atomic E-state index is 12.7. The van der Waals surface area contributed by atoms with Gasteiger partial charge in [-0.15, -0.1) is 10.2 Å². The van der Waals surface area contributed by atoms with Crippen LogP contribution >= 0.6 is 23.4 Å². The van der Waals surface area contributed by atoms with Gasteiger partial charge in [0.05, 0.1) is 11.8 Å². The van der Waals surface area contributed by atoms with Crippen LogP contribution in [0, 0.1) is 6.92 Å². The maximum Gasteiger partial charge on any atom is 0.237 e. The van der Waals surface area contributed by atoms with Crippen molar-refractivity contribution in [2.45, 2.75) is 30.8 Å². The lowest BCUT2D eigenvalue weighted by Gasteiger charge is -2.14. The van der Waals surface area contributed by atoms with Crippen molar-refractivity contribution in [3.63, 3.8) is 0 Å². The minimum Gasteiger partial charge on any atom is -0.378 e. The van der Waals surface area contributed by atoms with Crippen molar-refractivity contribution in [1.29, 1.82) is 0 Å². The molecule has 6 nitrogen and oxygen atoms in total. The fourth-order valence-corrected chi connectivity index (χ4v) is 4.18. The van der Waals surface area contributed by atoms with Gasteiger partial charge >= 0.3 is 0 Å². The first-order valence-electron chi connectivity index (χ1n) is 10.5. The highest BCUT2D eigenvalue weighted by molar-refractivity contribution is 8.00. The fraction of sp³-hybridized carbons (Fsp3) is 0.160. The average molecular weight is 478 g/mol. The zero-order valence-corrected chi connectivity index (χ0v) is 19.9. The molecule has 33 heavy (non-hydrogen) atoms. The first kappa shape index (κ1) is 22.9. The highest BCUT2D eigenvalue weighted by atomic mass is 35.5. The molecule has 1 heterocycles. The summed E-state index contributed by atoms with van der Waals surface area (Å²) in [5, 5.41) is 16.0. The van der Waals surface area contributed by atoms with Crippen molar-refractivity contribution in [2.24, 2.45) is 0 Å². The third-order valence-corrected chi connectivity index (χ3v) is 6.27. The van der Waals surface area contributed by atoms with Crippen molar-refractivity contribution < 1.29 is 4.79 Å². The first-order valence-corrected chi connectivity index (χ1v) is 11.8. The van der Waals surface area contributed by atoms with Crippen LogP contribution in [-0.4, -0.2) is 25.9 Å². The van der Waals surface area contributed by atoms with Gasteiger partial charge in [0.1, 0.15) is 0 Å². The lowest BCUT2D eigenvalue weighted by atomic mass is 10.2. The number of thioether (sulfide) groups is 1. The minimum atomic E-state index is -0.377. The summed E-state index contributed by atoms with van der Waals surface area (Å²) in [5.74, 6) is 0.632. The van der Waals surface area contributed by atoms with Crippen LogP contribution in [0.3, 0.4) is 0 Å². The van der Waals surface area contributed by atoms with E-state index in [4.69, 9.17) is 11.6 Å². The van der Waals surface area contributed by atoms with Crippen molar-refractivity contribution in [3.8, 4) is 5.69 Å². The van der Waals surface area contributed by atoms with Crippen LogP contribution in [0.1, 0.15) is 18.3 Å². The van der Waals surface area contributed by atoms with Crippen molar-refractivity contribution in [3.05, 3.63) is 95.3 Å². The van der Waals surface area contributed by atoms with Crippen LogP contribution in [-0.2, 0) is 11.3 Å². The number of nitrogens with zero attached hydrogens (tertiary/aromatic N) is 3. The summed E-state index contributed by atoms with van der Waals surface area (Å²) in [4.78, 5) is 12.7. The molecule has 1 unspecified atom stereocenters. The molecule has 2 N–H and O–H groups in total. The molecule has 1 amide bonds. The van der Waals surface area contributed by atoms with E-state index in [9.17, 15) is 4.79 Å². The van der Waals surface area contributed by atoms with Crippen LogP contribution in [0.15, 0.2) is 84.0 Å². The molecular weight excluding hydrogens is 454 g/mol. The highest BCUT2D eigenvalue weighted by Crippen LogP contribution is 2.27. The second-order valence-electron chi connectivity index (χ2n) is 7.55. The molecule has 0 fully saturated rings. The van der Waals surface area contributed by atoms with Gasteiger partial charge in [0, 0.05) is 22.1 Å². The summed E-state index contributed by atoms with van der Waals surface area (Å²) in [6.45, 7) is 4.39. The molecule has 0 aliphatic heterocycles. The molecule has 0 spiro atoms. The molecule has 0 bridgehead atoms. The topological polar surface area (TPSA) is 71.8 Å². The van der Waals surface area contributed by atoms with Gasteiger partial charge in [0.15, 0.2) is 11.0 Å². The van der Waals surface area contributed by atoms with Gasteiger partial charge in [-0.25, -0.2) is 0 Å². The molecule has 0 radical (unpaired) electrons. The number of halogens is 1. The van der Waals surface area contributed by atoms with Crippen molar-refractivity contribution >= 4 is 40.6 Å². The summed E-state index contributed by atoms with van der Waals surface area (Å²) in [6, 6.07) is 25.1. The highest BCUT2D eigenvalue weighted by Gasteiger charge is 2.21. The van der Waals surface area contributed by atoms with Gasteiger partial charge in [-0.3, -0.25) is 9.36 Å². The zero-order chi connectivity index (χ0) is 23.2. The first-order chi connectivity index (χ1) is 16.0. The predicted molar refractivity (Wildman–Crippen MR) is 135 cm³/mol. The third-order valence-electron chi connectivity index (χ3n) is 4.98. The number of aromatic nitrogens is 3. The molecule has 0 aliphatic carbocycles. The Kier molecular flexibility index (Phi) is 7.32. The van der Waals surface area contributed by atoms with E-state index in [-0.39, 0.29) is 11.2 Å². The number of amides is 1. The number of hydrogen-bond acceptors (Lipinski definition) is 5. The Morgan fingerprint density at radius 1 is 0.970 bits per heavy atom. The molecule has 1 aromatic heterocycles. The van der Waals surface area contributed by atoms with Crippen molar-refractivity contribution in [2.75, 3.05) is 10.6 Å². The van der Waals surface area contributed by atoms with E-state index in [2.05, 4.69) is 39.9 Å². The van der Waals surface area contributed by atoms with Gasteiger partial charge in [-0.05, 0) is 62.4 Å². The molecule has 168 valence electrons. The number of para-hydroxylation sites is 1. The zero-order valence-electron chi connectivity index (χ0n) is 18.3. The SMILES string of the molecule is Cc1ccc(NCc2nnc(SC(C)C(=O)Nc3ccccc3)n2-c2ccc(Cl)cc2)cc1. The summed E-state index contributed by atoms with van der Waals surface area (Å²) in [5.41, 5.74) is 3.84. The van der Waals surface area contributed by atoms with E-state index in [1.165, 1.54) is 17.3 Å². The van der Waals surface area contributed by atoms with Crippen LogP contribution in [0.5, 0.6) is 0 Å². The number of carbonyl (C=O) groups excluding carboxylic acids is 1. The second-order valence-corrected chi connectivity index (χ2v) is 9.29. The smallest absolute Gasteiger partial charge is 0.237 e. The summed E-state index contributed by atoms with van der Waals surface area (Å²) in [7, 11) is 0. The molecule has 3 aromatic carbocycles. The normalized spacial score (nSPS) is 11.7. The van der Waals surface area contributed by atoms with E-state index in [0.29, 0.717) is 16.7 Å². The molecule has 8 heteroatoms. The maximum atomic E-state index is 12.7. The molecule has 0 saturated carbocycles. The number of aryl methyl sites for hydroxylation is 1. The number of nitrogens with one attached hydrogen (secondary N) is 2. The van der Waals surface area contributed by atoms with Crippen LogP contribution in [0.4, 0.5) is 11.4 Å². The Hall–Kier alpha value is -3.29. The van der Waals surface area contributed by atoms with Crippen LogP contribution in [0.25, 0.3) is 5.69 Å². The Morgan fingerprint density at radius 3 is 2.36 bits per heavy atom. The van der Waals surface area contributed by atoms with Crippen molar-refractivity contribution in [1.82, 2.24) is 14.8 Å². The van der Waals surface area contributed by atoms with Crippen LogP contribution in [0.2, 0.25) is 5.02 Å². The monoisotopic (exact) mass is 477 g/mol. The third kappa shape index (κ3) is 5.94. The molecule has 4 aromatic rings. The Labute approximate surface area is 202 Å². The lowest BCUT2D eigenvalue weighted by molar-refractivity contribution is -0.115. The number of hydrogen-bond donors (Lipinski definition) is 2. The van der Waals surface area contributed by atoms with Gasteiger partial charge in [-0.2, -0.15) is 0 Å². The quantitative estimate of drug-likeness (QED) is 0.306. The molecule has 0 saturated heterocycles. The molecule has 0 aliphatic rings. The van der Waals surface area contributed by atoms with Crippen LogP contribution < -0.4 is 10.6 Å². The average Bonchev–Trinajstić information content (AvgIpc) is 3.22. The summed E-state index contributed by atoms with van der Waals surface area (Å²) in [6.07, 6.45) is 0. The van der Waals surface area contributed by atoms with E-state index in [0.717, 1.165) is 22.9 Å². The predicted octanol–water partition coefficient (Wildman–Crippen LogP) is 5.96. The molecule has 4 rings (SSSR count). The number of rotatable bonds is 8. The number of anilines is 2. The largest absolute Gasteiger partial charge is 0.378 e. The lowest BCUT2D eigenvalue weighted by Crippen LogP contribution is -2.23. The Bertz CT molecular complexity index is 1210. The number of benzene rings is 3. The van der Waals surface area contributed by atoms with Gasteiger partial charge in [0.25, 0.3) is 0 Å². The van der Waals surface area contributed by atoms with E-state index in [1.54, 1.807) is 0 Å². The number of carbonyl (C=O) groups is 1. The minimum absolute atomic E-state index is 0.101. The summed E-state index contributed by atoms with van der Waals surface area (Å²) < 4.78 is 1.95. The van der Waals surface area contributed by atoms with E-state index < -0.39 is 0 Å². The standard InChI is InChI=1S/C25H24ClN5OS/c1-17-8-12-20(13-9-17)27-16-23-29-30-25(31(23)22-14-10-19(26)11-15-22)33-18(2)24(32)28-21-6-4-3-5-7-21/h3-15,18,27H,16H2,1-2H3,(H,28,32). The van der Waals surface area contributed by atoms with E-state index >= 15 is 0 Å². The van der Waals surface area contributed by atoms with Gasteiger partial charge in [0.2, 0.25) is 5.91 Å². The Morgan fingerprint density at radius 2 is 1.67 bits per heavy atom. The summed E-state index contributed by atoms with van der Waals surface area (Å²) >= 11 is 7.46. The van der Waals surface area contributed by atoms with Gasteiger partial charge in [-0.1, -0.05) is 59.3 Å². The molecule has 1 atom stereocenters.